The quantitative estimate of drug-likeness (QED) is 0.925. The first-order valence-electron chi connectivity index (χ1n) is 6.74. The van der Waals surface area contributed by atoms with Crippen LogP contribution in [-0.4, -0.2) is 15.7 Å². The van der Waals surface area contributed by atoms with E-state index in [2.05, 4.69) is 36.3 Å². The van der Waals surface area contributed by atoms with E-state index in [1.807, 2.05) is 43.3 Å². The van der Waals surface area contributed by atoms with E-state index in [0.29, 0.717) is 12.4 Å². The second-order valence-corrected chi connectivity index (χ2v) is 5.89. The van der Waals surface area contributed by atoms with Gasteiger partial charge in [0.1, 0.15) is 5.75 Å². The van der Waals surface area contributed by atoms with Gasteiger partial charge in [-0.15, -0.1) is 5.10 Å². The highest BCUT2D eigenvalue weighted by atomic mass is 16.5. The average molecular weight is 271 g/mol. The van der Waals surface area contributed by atoms with E-state index in [1.165, 1.54) is 0 Å². The third kappa shape index (κ3) is 4.63. The average Bonchev–Trinajstić information content (AvgIpc) is 2.37. The number of nitrogens with zero attached hydrogens (tertiary/aromatic N) is 2. The van der Waals surface area contributed by atoms with Crippen molar-refractivity contribution in [1.82, 2.24) is 15.5 Å². The van der Waals surface area contributed by atoms with E-state index in [4.69, 9.17) is 4.74 Å². The Hall–Kier alpha value is -1.94. The molecule has 2 aromatic rings. The summed E-state index contributed by atoms with van der Waals surface area (Å²) in [5.41, 5.74) is 2.12. The Morgan fingerprint density at radius 3 is 2.50 bits per heavy atom. The van der Waals surface area contributed by atoms with Gasteiger partial charge in [-0.2, -0.15) is 5.10 Å². The number of ether oxygens (including phenoxy) is 1. The van der Waals surface area contributed by atoms with Crippen LogP contribution < -0.4 is 10.1 Å². The summed E-state index contributed by atoms with van der Waals surface area (Å²) in [6.45, 7) is 9.09. The van der Waals surface area contributed by atoms with E-state index < -0.39 is 0 Å². The highest BCUT2D eigenvalue weighted by Crippen LogP contribution is 2.19. The van der Waals surface area contributed by atoms with E-state index in [1.54, 1.807) is 0 Å². The van der Waals surface area contributed by atoms with Gasteiger partial charge >= 0.3 is 0 Å². The minimum Gasteiger partial charge on any atom is -0.438 e. The number of benzene rings is 1. The van der Waals surface area contributed by atoms with Gasteiger partial charge in [-0.25, -0.2) is 0 Å². The summed E-state index contributed by atoms with van der Waals surface area (Å²) in [6, 6.07) is 11.6. The smallest absolute Gasteiger partial charge is 0.238 e. The molecular formula is C16H21N3O. The van der Waals surface area contributed by atoms with Crippen LogP contribution >= 0.6 is 0 Å². The molecule has 0 aliphatic carbocycles. The summed E-state index contributed by atoms with van der Waals surface area (Å²) >= 11 is 0. The molecule has 1 aromatic heterocycles. The van der Waals surface area contributed by atoms with Crippen molar-refractivity contribution in [2.45, 2.75) is 39.8 Å². The Kier molecular flexibility index (Phi) is 4.35. The van der Waals surface area contributed by atoms with Crippen molar-refractivity contribution in [2.24, 2.45) is 0 Å². The van der Waals surface area contributed by atoms with Crippen LogP contribution in [0, 0.1) is 6.92 Å². The normalized spacial score (nSPS) is 11.4. The molecule has 1 aromatic carbocycles. The lowest BCUT2D eigenvalue weighted by atomic mass is 10.1. The topological polar surface area (TPSA) is 47.0 Å². The van der Waals surface area contributed by atoms with Crippen LogP contribution in [0.15, 0.2) is 36.4 Å². The molecule has 0 radical (unpaired) electrons. The molecule has 0 aliphatic heterocycles. The molecule has 0 unspecified atom stereocenters. The summed E-state index contributed by atoms with van der Waals surface area (Å²) in [5, 5.41) is 11.6. The van der Waals surface area contributed by atoms with Crippen molar-refractivity contribution in [3.05, 3.63) is 47.7 Å². The Morgan fingerprint density at radius 1 is 1.10 bits per heavy atom. The second kappa shape index (κ2) is 6.01. The molecule has 1 N–H and O–H groups in total. The fraction of sp³-hybridized carbons (Fsp3) is 0.375. The summed E-state index contributed by atoms with van der Waals surface area (Å²) in [5.74, 6) is 1.29. The minimum atomic E-state index is 0.0679. The summed E-state index contributed by atoms with van der Waals surface area (Å²) in [6.07, 6.45) is 0. The maximum atomic E-state index is 5.67. The Balaban J connectivity index is 1.98. The fourth-order valence-electron chi connectivity index (χ4n) is 1.65. The molecule has 0 saturated carbocycles. The number of rotatable bonds is 4. The lowest BCUT2D eigenvalue weighted by Crippen LogP contribution is -2.35. The van der Waals surface area contributed by atoms with Gasteiger partial charge in [-0.1, -0.05) is 12.1 Å². The van der Waals surface area contributed by atoms with Gasteiger partial charge in [-0.3, -0.25) is 0 Å². The highest BCUT2D eigenvalue weighted by molar-refractivity contribution is 5.30. The first-order valence-corrected chi connectivity index (χ1v) is 6.74. The predicted octanol–water partition coefficient (Wildman–Crippen LogP) is 3.47. The van der Waals surface area contributed by atoms with Gasteiger partial charge in [0, 0.05) is 18.2 Å². The van der Waals surface area contributed by atoms with Crippen molar-refractivity contribution in [1.29, 1.82) is 0 Å². The predicted molar refractivity (Wildman–Crippen MR) is 79.9 cm³/mol. The Labute approximate surface area is 120 Å². The van der Waals surface area contributed by atoms with Crippen LogP contribution in [-0.2, 0) is 6.54 Å². The van der Waals surface area contributed by atoms with Gasteiger partial charge in [0.25, 0.3) is 0 Å². The van der Waals surface area contributed by atoms with Crippen molar-refractivity contribution < 1.29 is 4.74 Å². The summed E-state index contributed by atoms with van der Waals surface area (Å²) in [7, 11) is 0. The number of aryl methyl sites for hydroxylation is 1. The summed E-state index contributed by atoms with van der Waals surface area (Å²) < 4.78 is 5.67. The minimum absolute atomic E-state index is 0.0679. The molecule has 4 nitrogen and oxygen atoms in total. The monoisotopic (exact) mass is 271 g/mol. The van der Waals surface area contributed by atoms with Crippen molar-refractivity contribution >= 4 is 0 Å². The maximum absolute atomic E-state index is 5.67. The molecule has 2 rings (SSSR count). The second-order valence-electron chi connectivity index (χ2n) is 5.89. The van der Waals surface area contributed by atoms with Crippen LogP contribution in [0.3, 0.4) is 0 Å². The molecule has 0 atom stereocenters. The van der Waals surface area contributed by atoms with Gasteiger partial charge in [0.15, 0.2) is 0 Å². The fourth-order valence-corrected chi connectivity index (χ4v) is 1.65. The molecule has 0 aliphatic rings. The zero-order valence-corrected chi connectivity index (χ0v) is 12.5. The van der Waals surface area contributed by atoms with E-state index >= 15 is 0 Å². The summed E-state index contributed by atoms with van der Waals surface area (Å²) in [4.78, 5) is 0. The van der Waals surface area contributed by atoms with E-state index in [0.717, 1.165) is 17.0 Å². The lowest BCUT2D eigenvalue weighted by molar-refractivity contribution is 0.416. The molecule has 0 spiro atoms. The van der Waals surface area contributed by atoms with Crippen LogP contribution in [0.4, 0.5) is 0 Å². The number of nitrogens with one attached hydrogen (secondary N) is 1. The molecule has 0 amide bonds. The van der Waals surface area contributed by atoms with Crippen molar-refractivity contribution in [3.63, 3.8) is 0 Å². The van der Waals surface area contributed by atoms with Crippen LogP contribution in [0.25, 0.3) is 0 Å². The molecule has 0 saturated heterocycles. The Bertz CT molecular complexity index is 559. The molecule has 1 heterocycles. The maximum Gasteiger partial charge on any atom is 0.238 e. The molecular weight excluding hydrogens is 250 g/mol. The van der Waals surface area contributed by atoms with Gasteiger partial charge in [-0.05, 0) is 51.5 Å². The molecule has 20 heavy (non-hydrogen) atoms. The molecule has 106 valence electrons. The number of hydrogen-bond acceptors (Lipinski definition) is 4. The van der Waals surface area contributed by atoms with E-state index in [-0.39, 0.29) is 5.54 Å². The Morgan fingerprint density at radius 2 is 1.90 bits per heavy atom. The standard InChI is InChI=1S/C16H21N3O/c1-12-6-5-7-14(10-12)20-15-9-8-13(18-19-15)11-17-16(2,3)4/h5-10,17H,11H2,1-4H3. The highest BCUT2D eigenvalue weighted by Gasteiger charge is 2.09. The first kappa shape index (κ1) is 14.5. The third-order valence-electron chi connectivity index (χ3n) is 2.71. The number of aromatic nitrogens is 2. The largest absolute Gasteiger partial charge is 0.438 e. The van der Waals surface area contributed by atoms with Gasteiger partial charge in [0.05, 0.1) is 5.69 Å². The zero-order chi connectivity index (χ0) is 14.6. The first-order chi connectivity index (χ1) is 9.42. The van der Waals surface area contributed by atoms with Gasteiger partial charge in [0.2, 0.25) is 5.88 Å². The van der Waals surface area contributed by atoms with Crippen LogP contribution in [0.1, 0.15) is 32.0 Å². The van der Waals surface area contributed by atoms with E-state index in [9.17, 15) is 0 Å². The van der Waals surface area contributed by atoms with Crippen LogP contribution in [0.5, 0.6) is 11.6 Å². The van der Waals surface area contributed by atoms with Crippen molar-refractivity contribution in [2.75, 3.05) is 0 Å². The number of hydrogen-bond donors (Lipinski definition) is 1. The van der Waals surface area contributed by atoms with Crippen molar-refractivity contribution in [3.8, 4) is 11.6 Å². The lowest BCUT2D eigenvalue weighted by Gasteiger charge is -2.19. The SMILES string of the molecule is Cc1cccc(Oc2ccc(CNC(C)(C)C)nn2)c1. The van der Waals surface area contributed by atoms with Gasteiger partial charge < -0.3 is 10.1 Å². The third-order valence-corrected chi connectivity index (χ3v) is 2.71. The zero-order valence-electron chi connectivity index (χ0n) is 12.5. The molecule has 0 bridgehead atoms. The van der Waals surface area contributed by atoms with Crippen LogP contribution in [0.2, 0.25) is 0 Å². The molecule has 4 heteroatoms. The molecule has 0 fully saturated rings.